The van der Waals surface area contributed by atoms with E-state index in [1.165, 1.54) is 19.3 Å². The predicted octanol–water partition coefficient (Wildman–Crippen LogP) is 2.53. The smallest absolute Gasteiger partial charge is 0.196 e. The van der Waals surface area contributed by atoms with E-state index in [1.54, 1.807) is 0 Å². The van der Waals surface area contributed by atoms with Crippen molar-refractivity contribution in [1.82, 2.24) is 4.67 Å². The fourth-order valence-electron chi connectivity index (χ4n) is 2.30. The zero-order chi connectivity index (χ0) is 11.1. The van der Waals surface area contributed by atoms with Gasteiger partial charge in [-0.3, -0.25) is 0 Å². The van der Waals surface area contributed by atoms with Gasteiger partial charge in [-0.25, -0.2) is 4.52 Å². The van der Waals surface area contributed by atoms with Crippen LogP contribution in [0.4, 0.5) is 0 Å². The summed E-state index contributed by atoms with van der Waals surface area (Å²) < 4.78 is 7.82. The van der Waals surface area contributed by atoms with Crippen molar-refractivity contribution in [2.45, 2.75) is 64.5 Å². The van der Waals surface area contributed by atoms with E-state index in [0.29, 0.717) is 6.29 Å². The van der Waals surface area contributed by atoms with E-state index in [0.717, 1.165) is 12.8 Å². The molecule has 0 aromatic heterocycles. The first-order valence-electron chi connectivity index (χ1n) is 5.97. The first-order valence-corrected chi connectivity index (χ1v) is 7.74. The third kappa shape index (κ3) is 2.71. The van der Waals surface area contributed by atoms with Gasteiger partial charge in [-0.05, 0) is 33.6 Å². The molecular weight excluding hydrogens is 209 g/mol. The van der Waals surface area contributed by atoms with E-state index in [9.17, 15) is 4.89 Å². The number of rotatable bonds is 2. The summed E-state index contributed by atoms with van der Waals surface area (Å²) in [5, 5.41) is 0. The minimum absolute atomic E-state index is 0.00973. The number of nitrogens with zero attached hydrogens (tertiary/aromatic N) is 1. The molecule has 0 amide bonds. The van der Waals surface area contributed by atoms with E-state index in [4.69, 9.17) is 4.52 Å². The molecule has 15 heavy (non-hydrogen) atoms. The van der Waals surface area contributed by atoms with Crippen LogP contribution in [0.1, 0.15) is 52.9 Å². The lowest BCUT2D eigenvalue weighted by Crippen LogP contribution is -2.28. The third-order valence-corrected chi connectivity index (χ3v) is 5.65. The highest BCUT2D eigenvalue weighted by Gasteiger charge is 2.62. The molecule has 2 aliphatic rings. The second kappa shape index (κ2) is 3.96. The Morgan fingerprint density at radius 2 is 1.80 bits per heavy atom. The lowest BCUT2D eigenvalue weighted by atomic mass is 9.98. The maximum absolute atomic E-state index is 12.3. The molecule has 0 bridgehead atoms. The van der Waals surface area contributed by atoms with Crippen molar-refractivity contribution in [2.75, 3.05) is 6.29 Å². The Hall–Kier alpha value is 0.310. The Morgan fingerprint density at radius 1 is 1.20 bits per heavy atom. The Morgan fingerprint density at radius 3 is 2.27 bits per heavy atom. The first-order chi connectivity index (χ1) is 6.92. The Labute approximate surface area is 93.4 Å². The van der Waals surface area contributed by atoms with Gasteiger partial charge in [0.2, 0.25) is 0 Å². The highest BCUT2D eigenvalue weighted by Crippen LogP contribution is 2.74. The molecule has 1 saturated carbocycles. The summed E-state index contributed by atoms with van der Waals surface area (Å²) in [6.45, 7) is 6.28. The summed E-state index contributed by atoms with van der Waals surface area (Å²) >= 11 is 0. The van der Waals surface area contributed by atoms with E-state index in [1.807, 2.05) is 4.67 Å². The summed E-state index contributed by atoms with van der Waals surface area (Å²) in [4.78, 5) is 12.3. The molecule has 2 rings (SSSR count). The van der Waals surface area contributed by atoms with Gasteiger partial charge in [0.25, 0.3) is 0 Å². The van der Waals surface area contributed by atoms with Crippen LogP contribution in [0.5, 0.6) is 0 Å². The summed E-state index contributed by atoms with van der Waals surface area (Å²) in [7, 11) is -2.38. The average Bonchev–Trinajstić information content (AvgIpc) is 2.79. The number of hydrogen-bond donors (Lipinski definition) is 0. The van der Waals surface area contributed by atoms with Crippen molar-refractivity contribution in [3.8, 4) is 0 Å². The van der Waals surface area contributed by atoms with Gasteiger partial charge in [-0.2, -0.15) is 0 Å². The minimum atomic E-state index is -2.38. The quantitative estimate of drug-likeness (QED) is 0.541. The molecule has 1 aliphatic heterocycles. The summed E-state index contributed by atoms with van der Waals surface area (Å²) in [6, 6.07) is 0. The average molecular weight is 231 g/mol. The molecule has 2 unspecified atom stereocenters. The van der Waals surface area contributed by atoms with E-state index >= 15 is 0 Å². The van der Waals surface area contributed by atoms with Crippen LogP contribution in [0.25, 0.3) is 0 Å². The van der Waals surface area contributed by atoms with Crippen molar-refractivity contribution >= 4 is 7.87 Å². The summed E-state index contributed by atoms with van der Waals surface area (Å²) in [5.74, 6) is 0. The molecular formula is C11H22NO2P. The topological polar surface area (TPSA) is 35.3 Å². The first kappa shape index (κ1) is 11.8. The molecule has 0 spiro atoms. The van der Waals surface area contributed by atoms with E-state index < -0.39 is 7.87 Å². The predicted molar refractivity (Wildman–Crippen MR) is 61.3 cm³/mol. The Balaban J connectivity index is 1.85. The van der Waals surface area contributed by atoms with Crippen molar-refractivity contribution in [1.29, 1.82) is 0 Å². The molecule has 88 valence electrons. The Kier molecular flexibility index (Phi) is 3.11. The van der Waals surface area contributed by atoms with Crippen molar-refractivity contribution in [3.63, 3.8) is 0 Å². The molecule has 1 aliphatic carbocycles. The van der Waals surface area contributed by atoms with Crippen LogP contribution in [0.2, 0.25) is 0 Å². The van der Waals surface area contributed by atoms with Crippen LogP contribution in [0.3, 0.4) is 0 Å². The largest absolute Gasteiger partial charge is 0.640 e. The molecule has 0 aromatic carbocycles. The van der Waals surface area contributed by atoms with Crippen LogP contribution >= 0.6 is 7.87 Å². The lowest BCUT2D eigenvalue weighted by molar-refractivity contribution is -0.195. The van der Waals surface area contributed by atoms with Crippen LogP contribution in [0, 0.1) is 0 Å². The van der Waals surface area contributed by atoms with Gasteiger partial charge < -0.3 is 4.89 Å². The minimum Gasteiger partial charge on any atom is -0.640 e. The zero-order valence-electron chi connectivity index (χ0n) is 10.0. The molecule has 2 fully saturated rings. The highest BCUT2D eigenvalue weighted by atomic mass is 31.2. The molecule has 0 N–H and O–H groups in total. The number of hydrogen-bond acceptors (Lipinski definition) is 3. The maximum atomic E-state index is 12.3. The molecule has 4 heteroatoms. The van der Waals surface area contributed by atoms with Crippen LogP contribution in [-0.4, -0.2) is 22.6 Å². The zero-order valence-corrected chi connectivity index (χ0v) is 10.9. The maximum Gasteiger partial charge on any atom is 0.196 e. The van der Waals surface area contributed by atoms with Gasteiger partial charge in [-0.1, -0.05) is 19.3 Å². The molecule has 0 aromatic rings. The fraction of sp³-hybridized carbons (Fsp3) is 1.00. The molecule has 0 radical (unpaired) electrons. The fourth-order valence-corrected chi connectivity index (χ4v) is 5.09. The van der Waals surface area contributed by atoms with Gasteiger partial charge in [0.15, 0.2) is 14.2 Å². The molecule has 2 atom stereocenters. The van der Waals surface area contributed by atoms with E-state index in [2.05, 4.69) is 20.8 Å². The van der Waals surface area contributed by atoms with Gasteiger partial charge in [0.05, 0.1) is 5.54 Å². The molecule has 1 saturated heterocycles. The van der Waals surface area contributed by atoms with Crippen molar-refractivity contribution in [3.05, 3.63) is 0 Å². The third-order valence-electron chi connectivity index (χ3n) is 3.24. The second-order valence-corrected chi connectivity index (χ2v) is 7.97. The van der Waals surface area contributed by atoms with E-state index in [-0.39, 0.29) is 11.6 Å². The Bertz CT molecular complexity index is 235. The summed E-state index contributed by atoms with van der Waals surface area (Å²) in [6.07, 6.45) is 6.90. The normalized spacial score (nSPS) is 38.0. The van der Waals surface area contributed by atoms with Crippen molar-refractivity contribution < 1.29 is 9.42 Å². The lowest BCUT2D eigenvalue weighted by Gasteiger charge is -2.26. The van der Waals surface area contributed by atoms with Gasteiger partial charge >= 0.3 is 0 Å². The monoisotopic (exact) mass is 231 g/mol. The van der Waals surface area contributed by atoms with Crippen LogP contribution in [0.15, 0.2) is 0 Å². The molecule has 3 nitrogen and oxygen atoms in total. The van der Waals surface area contributed by atoms with Crippen LogP contribution in [-0.2, 0) is 4.52 Å². The van der Waals surface area contributed by atoms with Gasteiger partial charge in [-0.15, -0.1) is 4.67 Å². The summed E-state index contributed by atoms with van der Waals surface area (Å²) in [5.41, 5.74) is -0.00973. The highest BCUT2D eigenvalue weighted by molar-refractivity contribution is 7.68. The second-order valence-electron chi connectivity index (χ2n) is 5.71. The van der Waals surface area contributed by atoms with Gasteiger partial charge in [0, 0.05) is 0 Å². The van der Waals surface area contributed by atoms with Crippen LogP contribution < -0.4 is 4.89 Å². The van der Waals surface area contributed by atoms with Crippen molar-refractivity contribution in [2.24, 2.45) is 0 Å². The SMILES string of the molecule is CC(C)(C)N1C[P+]1([O-])OC1CCCCC1. The molecule has 1 heterocycles. The standard InChI is InChI=1S/C11H22NO2P/c1-11(2,3)12-9-15(12,13)14-10-7-5-4-6-8-10/h10H,4-9H2,1-3H3. The van der Waals surface area contributed by atoms with Gasteiger partial charge in [0.1, 0.15) is 6.10 Å².